The van der Waals surface area contributed by atoms with Crippen LogP contribution in [0.25, 0.3) is 0 Å². The highest BCUT2D eigenvalue weighted by Gasteiger charge is 2.16. The molecule has 3 nitrogen and oxygen atoms in total. The van der Waals surface area contributed by atoms with Crippen molar-refractivity contribution in [1.29, 1.82) is 0 Å². The zero-order valence-electron chi connectivity index (χ0n) is 11.0. The molecule has 0 spiro atoms. The second-order valence-electron chi connectivity index (χ2n) is 4.58. The Hall–Kier alpha value is -0.910. The molecule has 0 bridgehead atoms. The number of nitrogens with one attached hydrogen (secondary N) is 1. The summed E-state index contributed by atoms with van der Waals surface area (Å²) >= 11 is 13.0. The van der Waals surface area contributed by atoms with Crippen molar-refractivity contribution < 1.29 is 9.47 Å². The van der Waals surface area contributed by atoms with Gasteiger partial charge in [0.05, 0.1) is 9.50 Å². The van der Waals surface area contributed by atoms with Gasteiger partial charge in [-0.2, -0.15) is 0 Å². The maximum Gasteiger partial charge on any atom is 0.175 e. The molecule has 3 rings (SSSR count). The van der Waals surface area contributed by atoms with Crippen LogP contribution in [-0.2, 0) is 6.54 Å². The van der Waals surface area contributed by atoms with Gasteiger partial charge < -0.3 is 14.8 Å². The highest BCUT2D eigenvalue weighted by molar-refractivity contribution is 9.10. The molecule has 2 aromatic carbocycles. The van der Waals surface area contributed by atoms with E-state index in [0.29, 0.717) is 24.8 Å². The van der Waals surface area contributed by atoms with E-state index in [1.165, 1.54) is 0 Å². The molecule has 0 radical (unpaired) electrons. The van der Waals surface area contributed by atoms with Gasteiger partial charge in [0, 0.05) is 16.7 Å². The maximum atomic E-state index is 6.08. The Balaban J connectivity index is 1.76. The van der Waals surface area contributed by atoms with Crippen molar-refractivity contribution in [1.82, 2.24) is 0 Å². The van der Waals surface area contributed by atoms with Crippen LogP contribution in [0.5, 0.6) is 11.5 Å². The summed E-state index contributed by atoms with van der Waals surface area (Å²) in [5, 5.41) is 4.02. The molecule has 0 amide bonds. The van der Waals surface area contributed by atoms with E-state index in [0.717, 1.165) is 31.7 Å². The van der Waals surface area contributed by atoms with Gasteiger partial charge in [-0.1, -0.05) is 11.6 Å². The number of anilines is 1. The molecule has 0 atom stereocenters. The molecule has 1 N–H and O–H groups in total. The fourth-order valence-corrected chi connectivity index (χ4v) is 3.11. The minimum absolute atomic E-state index is 0.582. The van der Waals surface area contributed by atoms with Gasteiger partial charge in [0.1, 0.15) is 13.2 Å². The quantitative estimate of drug-likeness (QED) is 0.717. The van der Waals surface area contributed by atoms with E-state index >= 15 is 0 Å². The van der Waals surface area contributed by atoms with Crippen LogP contribution in [0.15, 0.2) is 39.3 Å². The Morgan fingerprint density at radius 3 is 2.67 bits per heavy atom. The van der Waals surface area contributed by atoms with Crippen LogP contribution in [0.3, 0.4) is 0 Å². The molecule has 0 saturated heterocycles. The van der Waals surface area contributed by atoms with E-state index < -0.39 is 0 Å². The number of rotatable bonds is 3. The van der Waals surface area contributed by atoms with Crippen molar-refractivity contribution in [2.75, 3.05) is 18.5 Å². The normalized spacial score (nSPS) is 13.1. The summed E-state index contributed by atoms with van der Waals surface area (Å²) in [5.74, 6) is 1.55. The molecule has 2 aromatic rings. The Kier molecular flexibility index (Phi) is 4.62. The molecular formula is C15H12Br2ClNO2. The molecule has 0 aromatic heterocycles. The third kappa shape index (κ3) is 3.47. The van der Waals surface area contributed by atoms with Crippen molar-refractivity contribution in [3.05, 3.63) is 49.9 Å². The Morgan fingerprint density at radius 2 is 1.86 bits per heavy atom. The fourth-order valence-electron chi connectivity index (χ4n) is 2.08. The molecule has 0 saturated carbocycles. The summed E-state index contributed by atoms with van der Waals surface area (Å²) in [6.45, 7) is 1.84. The van der Waals surface area contributed by atoms with Gasteiger partial charge >= 0.3 is 0 Å². The van der Waals surface area contributed by atoms with Crippen molar-refractivity contribution in [2.24, 2.45) is 0 Å². The predicted octanol–water partition coefficient (Wildman–Crippen LogP) is 5.25. The van der Waals surface area contributed by atoms with Crippen LogP contribution >= 0.6 is 43.5 Å². The zero-order chi connectivity index (χ0) is 14.8. The van der Waals surface area contributed by atoms with Crippen LogP contribution in [-0.4, -0.2) is 13.2 Å². The van der Waals surface area contributed by atoms with Crippen molar-refractivity contribution in [2.45, 2.75) is 6.54 Å². The number of ether oxygens (including phenoxy) is 2. The molecule has 110 valence electrons. The van der Waals surface area contributed by atoms with Crippen LogP contribution in [0.2, 0.25) is 5.02 Å². The van der Waals surface area contributed by atoms with Crippen molar-refractivity contribution in [3.8, 4) is 11.5 Å². The Morgan fingerprint density at radius 1 is 1.05 bits per heavy atom. The molecule has 6 heteroatoms. The number of benzene rings is 2. The molecule has 1 aliphatic rings. The van der Waals surface area contributed by atoms with E-state index in [-0.39, 0.29) is 0 Å². The lowest BCUT2D eigenvalue weighted by atomic mass is 10.2. The third-order valence-corrected chi connectivity index (χ3v) is 4.89. The van der Waals surface area contributed by atoms with E-state index in [1.54, 1.807) is 0 Å². The lowest BCUT2D eigenvalue weighted by molar-refractivity contribution is 0.170. The first-order valence-corrected chi connectivity index (χ1v) is 8.37. The molecule has 0 unspecified atom stereocenters. The molecular weight excluding hydrogens is 421 g/mol. The average Bonchev–Trinajstić information content (AvgIpc) is 2.49. The zero-order valence-corrected chi connectivity index (χ0v) is 14.9. The van der Waals surface area contributed by atoms with Crippen molar-refractivity contribution in [3.63, 3.8) is 0 Å². The van der Waals surface area contributed by atoms with Crippen LogP contribution in [0, 0.1) is 0 Å². The number of halogens is 3. The second-order valence-corrected chi connectivity index (χ2v) is 6.70. The van der Waals surface area contributed by atoms with E-state index in [2.05, 4.69) is 37.2 Å². The van der Waals surface area contributed by atoms with Gasteiger partial charge in [-0.25, -0.2) is 0 Å². The molecule has 0 fully saturated rings. The summed E-state index contributed by atoms with van der Waals surface area (Å²) in [4.78, 5) is 0. The number of hydrogen-bond acceptors (Lipinski definition) is 3. The summed E-state index contributed by atoms with van der Waals surface area (Å²) in [6.07, 6.45) is 0. The maximum absolute atomic E-state index is 6.08. The van der Waals surface area contributed by atoms with Gasteiger partial charge in [0.15, 0.2) is 11.5 Å². The standard InChI is InChI=1S/C15H12Br2ClNO2/c16-11-2-1-10(7-13(11)18)19-8-9-5-12(17)15-14(6-9)20-3-4-21-15/h1-2,5-7,19H,3-4,8H2. The smallest absolute Gasteiger partial charge is 0.175 e. The largest absolute Gasteiger partial charge is 0.486 e. The summed E-state index contributed by atoms with van der Waals surface area (Å²) in [7, 11) is 0. The minimum atomic E-state index is 0.582. The third-order valence-electron chi connectivity index (χ3n) is 3.07. The van der Waals surface area contributed by atoms with Crippen molar-refractivity contribution >= 4 is 49.1 Å². The van der Waals surface area contributed by atoms with E-state index in [9.17, 15) is 0 Å². The SMILES string of the molecule is Clc1cc(NCc2cc(Br)c3c(c2)OCCO3)ccc1Br. The predicted molar refractivity (Wildman–Crippen MR) is 91.6 cm³/mol. The summed E-state index contributed by atoms with van der Waals surface area (Å²) in [5.41, 5.74) is 2.07. The Bertz CT molecular complexity index is 679. The first kappa shape index (κ1) is 15.0. The second kappa shape index (κ2) is 6.46. The van der Waals surface area contributed by atoms with Gasteiger partial charge in [0.2, 0.25) is 0 Å². The van der Waals surface area contributed by atoms with Gasteiger partial charge in [-0.15, -0.1) is 0 Å². The first-order chi connectivity index (χ1) is 10.1. The van der Waals surface area contributed by atoms with Gasteiger partial charge in [-0.3, -0.25) is 0 Å². The van der Waals surface area contributed by atoms with Crippen LogP contribution in [0.1, 0.15) is 5.56 Å². The highest BCUT2D eigenvalue weighted by atomic mass is 79.9. The minimum Gasteiger partial charge on any atom is -0.486 e. The average molecular weight is 434 g/mol. The lowest BCUT2D eigenvalue weighted by Gasteiger charge is -2.20. The number of hydrogen-bond donors (Lipinski definition) is 1. The number of fused-ring (bicyclic) bond motifs is 1. The topological polar surface area (TPSA) is 30.5 Å². The molecule has 0 aliphatic carbocycles. The van der Waals surface area contributed by atoms with Crippen LogP contribution in [0.4, 0.5) is 5.69 Å². The van der Waals surface area contributed by atoms with Crippen LogP contribution < -0.4 is 14.8 Å². The van der Waals surface area contributed by atoms with Gasteiger partial charge in [0.25, 0.3) is 0 Å². The Labute approximate surface area is 144 Å². The lowest BCUT2D eigenvalue weighted by Crippen LogP contribution is -2.16. The highest BCUT2D eigenvalue weighted by Crippen LogP contribution is 2.38. The fraction of sp³-hybridized carbons (Fsp3) is 0.200. The first-order valence-electron chi connectivity index (χ1n) is 6.40. The van der Waals surface area contributed by atoms with E-state index in [4.69, 9.17) is 21.1 Å². The molecule has 1 heterocycles. The monoisotopic (exact) mass is 431 g/mol. The van der Waals surface area contributed by atoms with Gasteiger partial charge in [-0.05, 0) is 67.8 Å². The molecule has 1 aliphatic heterocycles. The molecule has 21 heavy (non-hydrogen) atoms. The van der Waals surface area contributed by atoms with E-state index in [1.807, 2.05) is 30.3 Å². The summed E-state index contributed by atoms with van der Waals surface area (Å²) in [6, 6.07) is 9.81. The summed E-state index contributed by atoms with van der Waals surface area (Å²) < 4.78 is 13.0.